The van der Waals surface area contributed by atoms with Gasteiger partial charge in [0.05, 0.1) is 14.2 Å². The number of benzene rings is 2. The van der Waals surface area contributed by atoms with Crippen molar-refractivity contribution in [3.05, 3.63) is 53.6 Å². The molecule has 1 fully saturated rings. The second kappa shape index (κ2) is 13.0. The Bertz CT molecular complexity index is 948. The van der Waals surface area contributed by atoms with Crippen molar-refractivity contribution in [3.8, 4) is 17.2 Å². The maximum atomic E-state index is 13.5. The molecule has 0 heterocycles. The third-order valence-corrected chi connectivity index (χ3v) is 6.50. The van der Waals surface area contributed by atoms with E-state index in [2.05, 4.69) is 5.32 Å². The Balaban J connectivity index is 1.77. The Hall–Kier alpha value is -3.22. The minimum absolute atomic E-state index is 0.0945. The Kier molecular flexibility index (Phi) is 9.82. The van der Waals surface area contributed by atoms with Crippen molar-refractivity contribution in [1.29, 1.82) is 0 Å². The van der Waals surface area contributed by atoms with E-state index >= 15 is 0 Å². The van der Waals surface area contributed by atoms with Crippen LogP contribution in [0.4, 0.5) is 0 Å². The van der Waals surface area contributed by atoms with Gasteiger partial charge in [0.25, 0.3) is 5.91 Å². The van der Waals surface area contributed by atoms with Crippen LogP contribution in [-0.4, -0.2) is 49.6 Å². The molecule has 0 aliphatic heterocycles. The van der Waals surface area contributed by atoms with Crippen LogP contribution in [0.15, 0.2) is 42.5 Å². The van der Waals surface area contributed by atoms with Crippen molar-refractivity contribution in [1.82, 2.24) is 10.2 Å². The fraction of sp³-hybridized carbons (Fsp3) is 0.500. The molecule has 1 unspecified atom stereocenters. The van der Waals surface area contributed by atoms with E-state index in [9.17, 15) is 9.59 Å². The van der Waals surface area contributed by atoms with Crippen LogP contribution < -0.4 is 19.5 Å². The second-order valence-corrected chi connectivity index (χ2v) is 9.11. The standard InChI is InChI=1S/C28H38N2O5/c1-5-26(28(32)29-22-9-7-6-8-10-22)30(18-21-13-11-20(2)12-14-21)27(31)19-35-25-16-23(33-3)15-24(17-25)34-4/h11-17,22,26H,5-10,18-19H2,1-4H3,(H,29,32). The lowest BCUT2D eigenvalue weighted by Crippen LogP contribution is -2.52. The van der Waals surface area contributed by atoms with E-state index < -0.39 is 6.04 Å². The van der Waals surface area contributed by atoms with Gasteiger partial charge in [-0.25, -0.2) is 0 Å². The average molecular weight is 483 g/mol. The van der Waals surface area contributed by atoms with Crippen LogP contribution in [0.25, 0.3) is 0 Å². The van der Waals surface area contributed by atoms with Crippen molar-refractivity contribution < 1.29 is 23.8 Å². The molecular formula is C28H38N2O5. The number of carbonyl (C=O) groups excluding carboxylic acids is 2. The molecule has 1 atom stereocenters. The summed E-state index contributed by atoms with van der Waals surface area (Å²) in [4.78, 5) is 28.4. The largest absolute Gasteiger partial charge is 0.496 e. The molecule has 190 valence electrons. The molecule has 7 heteroatoms. The van der Waals surface area contributed by atoms with Gasteiger partial charge in [0.15, 0.2) is 6.61 Å². The normalized spacial score (nSPS) is 14.6. The summed E-state index contributed by atoms with van der Waals surface area (Å²) in [5.74, 6) is 1.26. The molecule has 3 rings (SSSR count). The first kappa shape index (κ1) is 26.4. The highest BCUT2D eigenvalue weighted by molar-refractivity contribution is 5.88. The summed E-state index contributed by atoms with van der Waals surface area (Å²) < 4.78 is 16.4. The van der Waals surface area contributed by atoms with Gasteiger partial charge in [-0.05, 0) is 31.7 Å². The number of aryl methyl sites for hydroxylation is 1. The molecule has 1 aliphatic rings. The SMILES string of the molecule is CCC(C(=O)NC1CCCCC1)N(Cc1ccc(C)cc1)C(=O)COc1cc(OC)cc(OC)c1. The van der Waals surface area contributed by atoms with Crippen molar-refractivity contribution in [2.75, 3.05) is 20.8 Å². The zero-order valence-electron chi connectivity index (χ0n) is 21.3. The summed E-state index contributed by atoms with van der Waals surface area (Å²) in [5.41, 5.74) is 2.11. The van der Waals surface area contributed by atoms with E-state index in [0.717, 1.165) is 36.8 Å². The number of ether oxygens (including phenoxy) is 3. The van der Waals surface area contributed by atoms with Crippen LogP contribution >= 0.6 is 0 Å². The average Bonchev–Trinajstić information content (AvgIpc) is 2.88. The minimum Gasteiger partial charge on any atom is -0.496 e. The highest BCUT2D eigenvalue weighted by Gasteiger charge is 2.30. The molecule has 0 spiro atoms. The molecule has 0 bridgehead atoms. The van der Waals surface area contributed by atoms with E-state index in [1.54, 1.807) is 37.3 Å². The maximum Gasteiger partial charge on any atom is 0.261 e. The lowest BCUT2D eigenvalue weighted by atomic mass is 9.95. The number of methoxy groups -OCH3 is 2. The summed E-state index contributed by atoms with van der Waals surface area (Å²) in [6.45, 7) is 4.10. The van der Waals surface area contributed by atoms with Crippen molar-refractivity contribution in [3.63, 3.8) is 0 Å². The second-order valence-electron chi connectivity index (χ2n) is 9.11. The van der Waals surface area contributed by atoms with E-state index in [1.807, 2.05) is 38.1 Å². The third-order valence-electron chi connectivity index (χ3n) is 6.50. The zero-order valence-corrected chi connectivity index (χ0v) is 21.3. The molecule has 0 aromatic heterocycles. The smallest absolute Gasteiger partial charge is 0.261 e. The number of nitrogens with zero attached hydrogens (tertiary/aromatic N) is 1. The summed E-state index contributed by atoms with van der Waals surface area (Å²) in [6.07, 6.45) is 5.98. The van der Waals surface area contributed by atoms with Crippen LogP contribution in [0.1, 0.15) is 56.6 Å². The van der Waals surface area contributed by atoms with Gasteiger partial charge in [-0.15, -0.1) is 0 Å². The first-order valence-corrected chi connectivity index (χ1v) is 12.4. The van der Waals surface area contributed by atoms with Crippen LogP contribution in [0, 0.1) is 6.92 Å². The molecule has 0 radical (unpaired) electrons. The van der Waals surface area contributed by atoms with Gasteiger partial charge >= 0.3 is 0 Å². The highest BCUT2D eigenvalue weighted by Crippen LogP contribution is 2.27. The van der Waals surface area contributed by atoms with Gasteiger partial charge in [0, 0.05) is 30.8 Å². The molecule has 35 heavy (non-hydrogen) atoms. The minimum atomic E-state index is -0.575. The van der Waals surface area contributed by atoms with Gasteiger partial charge in [-0.1, -0.05) is 56.0 Å². The summed E-state index contributed by atoms with van der Waals surface area (Å²) in [5, 5.41) is 3.20. The van der Waals surface area contributed by atoms with E-state index in [4.69, 9.17) is 14.2 Å². The Morgan fingerprint density at radius 2 is 1.57 bits per heavy atom. The van der Waals surface area contributed by atoms with Crippen molar-refractivity contribution >= 4 is 11.8 Å². The molecular weight excluding hydrogens is 444 g/mol. The molecule has 1 aliphatic carbocycles. The zero-order chi connectivity index (χ0) is 25.2. The quantitative estimate of drug-likeness (QED) is 0.505. The summed E-state index contributed by atoms with van der Waals surface area (Å²) in [7, 11) is 3.12. The highest BCUT2D eigenvalue weighted by atomic mass is 16.5. The lowest BCUT2D eigenvalue weighted by Gasteiger charge is -2.32. The first-order valence-electron chi connectivity index (χ1n) is 12.4. The third kappa shape index (κ3) is 7.64. The van der Waals surface area contributed by atoms with Crippen LogP contribution in [0.2, 0.25) is 0 Å². The molecule has 1 N–H and O–H groups in total. The topological polar surface area (TPSA) is 77.1 Å². The van der Waals surface area contributed by atoms with Crippen LogP contribution in [-0.2, 0) is 16.1 Å². The predicted octanol–water partition coefficient (Wildman–Crippen LogP) is 4.65. The molecule has 2 aromatic rings. The van der Waals surface area contributed by atoms with E-state index in [0.29, 0.717) is 30.2 Å². The number of amides is 2. The summed E-state index contributed by atoms with van der Waals surface area (Å²) in [6, 6.07) is 12.8. The van der Waals surface area contributed by atoms with Crippen LogP contribution in [0.3, 0.4) is 0 Å². The number of hydrogen-bond donors (Lipinski definition) is 1. The van der Waals surface area contributed by atoms with Gasteiger partial charge < -0.3 is 24.4 Å². The Morgan fingerprint density at radius 3 is 2.14 bits per heavy atom. The van der Waals surface area contributed by atoms with E-state index in [1.165, 1.54) is 6.42 Å². The summed E-state index contributed by atoms with van der Waals surface area (Å²) >= 11 is 0. The van der Waals surface area contributed by atoms with Crippen LogP contribution in [0.5, 0.6) is 17.2 Å². The first-order chi connectivity index (χ1) is 16.9. The lowest BCUT2D eigenvalue weighted by molar-refractivity contribution is -0.143. The number of hydrogen-bond acceptors (Lipinski definition) is 5. The van der Waals surface area contributed by atoms with Crippen molar-refractivity contribution in [2.45, 2.75) is 71.0 Å². The van der Waals surface area contributed by atoms with Crippen molar-refractivity contribution in [2.24, 2.45) is 0 Å². The molecule has 2 aromatic carbocycles. The molecule has 7 nitrogen and oxygen atoms in total. The van der Waals surface area contributed by atoms with Gasteiger partial charge in [0.1, 0.15) is 23.3 Å². The fourth-order valence-corrected chi connectivity index (χ4v) is 4.45. The van der Waals surface area contributed by atoms with Gasteiger partial charge in [-0.3, -0.25) is 9.59 Å². The Morgan fingerprint density at radius 1 is 0.971 bits per heavy atom. The van der Waals surface area contributed by atoms with E-state index in [-0.39, 0.29) is 24.5 Å². The predicted molar refractivity (Wildman–Crippen MR) is 136 cm³/mol. The molecule has 0 saturated heterocycles. The molecule has 2 amide bonds. The molecule has 1 saturated carbocycles. The monoisotopic (exact) mass is 482 g/mol. The number of carbonyl (C=O) groups is 2. The fourth-order valence-electron chi connectivity index (χ4n) is 4.45. The Labute approximate surface area is 208 Å². The number of nitrogens with one attached hydrogen (secondary N) is 1. The van der Waals surface area contributed by atoms with Gasteiger partial charge in [-0.2, -0.15) is 0 Å². The maximum absolute atomic E-state index is 13.5. The number of rotatable bonds is 11. The van der Waals surface area contributed by atoms with Gasteiger partial charge in [0.2, 0.25) is 5.91 Å².